The molecule has 1 aromatic carbocycles. The second-order valence-electron chi connectivity index (χ2n) is 6.98. The van der Waals surface area contributed by atoms with Crippen LogP contribution in [0.5, 0.6) is 0 Å². The van der Waals surface area contributed by atoms with Crippen LogP contribution >= 0.6 is 34.4 Å². The fourth-order valence-corrected chi connectivity index (χ4v) is 5.76. The second-order valence-corrected chi connectivity index (χ2v) is 10.4. The van der Waals surface area contributed by atoms with E-state index in [0.29, 0.717) is 16.6 Å². The van der Waals surface area contributed by atoms with Crippen molar-refractivity contribution in [1.29, 1.82) is 0 Å². The summed E-state index contributed by atoms with van der Waals surface area (Å²) in [6, 6.07) is 10.1. The van der Waals surface area contributed by atoms with Crippen LogP contribution in [0.1, 0.15) is 37.0 Å². The molecule has 4 rings (SSSR count). The maximum Gasteiger partial charge on any atom is 0.341 e. The third-order valence-corrected chi connectivity index (χ3v) is 7.48. The summed E-state index contributed by atoms with van der Waals surface area (Å²) in [6.45, 7) is 3.83. The number of ether oxygens (including phenoxy) is 1. The van der Waals surface area contributed by atoms with Crippen LogP contribution in [0.25, 0.3) is 11.1 Å². The largest absolute Gasteiger partial charge is 0.462 e. The highest BCUT2D eigenvalue weighted by molar-refractivity contribution is 8.02. The van der Waals surface area contributed by atoms with E-state index in [1.54, 1.807) is 6.92 Å². The van der Waals surface area contributed by atoms with Gasteiger partial charge in [0.2, 0.25) is 11.0 Å². The number of benzene rings is 1. The lowest BCUT2D eigenvalue weighted by Gasteiger charge is -2.11. The summed E-state index contributed by atoms with van der Waals surface area (Å²) in [6.07, 6.45) is 2.32. The topological polar surface area (TPSA) is 93.2 Å². The summed E-state index contributed by atoms with van der Waals surface area (Å²) in [4.78, 5) is 25.5. The molecule has 1 amide bonds. The molecular weight excluding hydrogens is 452 g/mol. The maximum absolute atomic E-state index is 12.9. The lowest BCUT2D eigenvalue weighted by Crippen LogP contribution is -2.23. The molecule has 3 aromatic rings. The van der Waals surface area contributed by atoms with Gasteiger partial charge in [0.05, 0.1) is 11.9 Å². The Balaban J connectivity index is 1.48. The van der Waals surface area contributed by atoms with Gasteiger partial charge in [0.1, 0.15) is 10.6 Å². The van der Waals surface area contributed by atoms with Gasteiger partial charge in [-0.15, -0.1) is 21.5 Å². The van der Waals surface area contributed by atoms with Crippen molar-refractivity contribution in [3.63, 3.8) is 0 Å². The van der Waals surface area contributed by atoms with Gasteiger partial charge in [-0.05, 0) is 32.3 Å². The zero-order valence-electron chi connectivity index (χ0n) is 17.1. The molecule has 1 fully saturated rings. The van der Waals surface area contributed by atoms with E-state index in [2.05, 4.69) is 20.8 Å². The van der Waals surface area contributed by atoms with Crippen molar-refractivity contribution in [2.24, 2.45) is 0 Å². The van der Waals surface area contributed by atoms with E-state index >= 15 is 0 Å². The van der Waals surface area contributed by atoms with Gasteiger partial charge in [-0.2, -0.15) is 0 Å². The number of rotatable bonds is 9. The molecule has 0 bridgehead atoms. The highest BCUT2D eigenvalue weighted by atomic mass is 32.2. The van der Waals surface area contributed by atoms with Gasteiger partial charge in [-0.1, -0.05) is 53.4 Å². The number of nitrogens with one attached hydrogen (secondary N) is 2. The average Bonchev–Trinajstić information content (AvgIpc) is 3.31. The average molecular weight is 475 g/mol. The molecule has 1 aliphatic rings. The van der Waals surface area contributed by atoms with Gasteiger partial charge < -0.3 is 15.4 Å². The number of aromatic nitrogens is 2. The van der Waals surface area contributed by atoms with Gasteiger partial charge in [0, 0.05) is 17.0 Å². The minimum atomic E-state index is -0.446. The number of amides is 1. The van der Waals surface area contributed by atoms with Crippen molar-refractivity contribution >= 4 is 56.4 Å². The number of anilines is 2. The Morgan fingerprint density at radius 2 is 2.03 bits per heavy atom. The van der Waals surface area contributed by atoms with Gasteiger partial charge >= 0.3 is 5.97 Å². The van der Waals surface area contributed by atoms with Crippen LogP contribution in [0.15, 0.2) is 40.1 Å². The Morgan fingerprint density at radius 3 is 2.74 bits per heavy atom. The number of esters is 1. The Kier molecular flexibility index (Phi) is 6.89. The molecule has 2 heterocycles. The van der Waals surface area contributed by atoms with E-state index < -0.39 is 11.2 Å². The van der Waals surface area contributed by atoms with Crippen molar-refractivity contribution in [2.45, 2.75) is 42.3 Å². The molecule has 1 aliphatic carbocycles. The number of carbonyl (C=O) groups excluding carboxylic acids is 2. The number of nitrogens with zero attached hydrogens (tertiary/aromatic N) is 2. The number of carbonyl (C=O) groups is 2. The molecule has 1 unspecified atom stereocenters. The second kappa shape index (κ2) is 9.80. The summed E-state index contributed by atoms with van der Waals surface area (Å²) < 4.78 is 5.98. The molecule has 7 nitrogen and oxygen atoms in total. The first-order valence-corrected chi connectivity index (χ1v) is 12.5. The van der Waals surface area contributed by atoms with E-state index in [0.717, 1.165) is 33.4 Å². The molecule has 0 saturated heterocycles. The van der Waals surface area contributed by atoms with Crippen molar-refractivity contribution in [1.82, 2.24) is 10.2 Å². The van der Waals surface area contributed by atoms with Gasteiger partial charge in [0.15, 0.2) is 4.34 Å². The van der Waals surface area contributed by atoms with Crippen molar-refractivity contribution in [3.8, 4) is 11.1 Å². The SMILES string of the molecule is CCOC(=O)c1c(-c2ccccc2)csc1NC(=O)C(C)Sc1nnc(NC2CC2)s1. The quantitative estimate of drug-likeness (QED) is 0.328. The van der Waals surface area contributed by atoms with E-state index in [1.165, 1.54) is 34.4 Å². The Bertz CT molecular complexity index is 1060. The van der Waals surface area contributed by atoms with E-state index in [-0.39, 0.29) is 12.5 Å². The van der Waals surface area contributed by atoms with Gasteiger partial charge in [-0.25, -0.2) is 4.79 Å². The van der Waals surface area contributed by atoms with E-state index in [4.69, 9.17) is 4.74 Å². The van der Waals surface area contributed by atoms with E-state index in [9.17, 15) is 9.59 Å². The zero-order valence-corrected chi connectivity index (χ0v) is 19.5. The van der Waals surface area contributed by atoms with Crippen LogP contribution in [-0.4, -0.2) is 40.0 Å². The Morgan fingerprint density at radius 1 is 1.26 bits per heavy atom. The molecule has 0 spiro atoms. The van der Waals surface area contributed by atoms with Crippen LogP contribution in [0.3, 0.4) is 0 Å². The summed E-state index contributed by atoms with van der Waals surface area (Å²) in [7, 11) is 0. The third kappa shape index (κ3) is 5.44. The molecule has 2 N–H and O–H groups in total. The minimum Gasteiger partial charge on any atom is -0.462 e. The number of thioether (sulfide) groups is 1. The van der Waals surface area contributed by atoms with Crippen molar-refractivity contribution in [3.05, 3.63) is 41.3 Å². The normalized spacial score (nSPS) is 14.1. The van der Waals surface area contributed by atoms with Crippen LogP contribution in [-0.2, 0) is 9.53 Å². The number of hydrogen-bond acceptors (Lipinski definition) is 9. The Hall–Kier alpha value is -2.43. The van der Waals surface area contributed by atoms with Crippen molar-refractivity contribution < 1.29 is 14.3 Å². The third-order valence-electron chi connectivity index (χ3n) is 4.55. The molecule has 162 valence electrons. The lowest BCUT2D eigenvalue weighted by molar-refractivity contribution is -0.115. The molecule has 1 atom stereocenters. The molecular formula is C21H22N4O3S3. The standard InChI is InChI=1S/C21H22N4O3S3/c1-3-28-19(27)16-15(13-7-5-4-6-8-13)11-29-18(16)23-17(26)12(2)30-21-25-24-20(31-21)22-14-9-10-14/h4-8,11-12,14H,3,9-10H2,1-2H3,(H,22,24)(H,23,26). The minimum absolute atomic E-state index is 0.205. The highest BCUT2D eigenvalue weighted by Gasteiger charge is 2.26. The molecule has 10 heteroatoms. The lowest BCUT2D eigenvalue weighted by atomic mass is 10.0. The van der Waals surface area contributed by atoms with Gasteiger partial charge in [-0.3, -0.25) is 4.79 Å². The molecule has 0 radical (unpaired) electrons. The first-order chi connectivity index (χ1) is 15.0. The maximum atomic E-state index is 12.9. The smallest absolute Gasteiger partial charge is 0.341 e. The highest BCUT2D eigenvalue weighted by Crippen LogP contribution is 2.37. The summed E-state index contributed by atoms with van der Waals surface area (Å²) in [5.41, 5.74) is 2.03. The zero-order chi connectivity index (χ0) is 21.8. The molecule has 1 saturated carbocycles. The van der Waals surface area contributed by atoms with Gasteiger partial charge in [0.25, 0.3) is 0 Å². The summed E-state index contributed by atoms with van der Waals surface area (Å²) >= 11 is 4.11. The monoisotopic (exact) mass is 474 g/mol. The summed E-state index contributed by atoms with van der Waals surface area (Å²) in [5.74, 6) is -0.651. The predicted molar refractivity (Wildman–Crippen MR) is 126 cm³/mol. The molecule has 0 aliphatic heterocycles. The van der Waals surface area contributed by atoms with Crippen LogP contribution in [0.2, 0.25) is 0 Å². The fraction of sp³-hybridized carbons (Fsp3) is 0.333. The fourth-order valence-electron chi connectivity index (χ4n) is 2.82. The predicted octanol–water partition coefficient (Wildman–Crippen LogP) is 5.14. The number of thiophene rings is 1. The first-order valence-electron chi connectivity index (χ1n) is 9.96. The molecule has 2 aromatic heterocycles. The number of hydrogen-bond donors (Lipinski definition) is 2. The van der Waals surface area contributed by atoms with E-state index in [1.807, 2.05) is 42.6 Å². The first kappa shape index (κ1) is 21.8. The molecule has 31 heavy (non-hydrogen) atoms. The van der Waals surface area contributed by atoms with Crippen molar-refractivity contribution in [2.75, 3.05) is 17.2 Å². The van der Waals surface area contributed by atoms with Crippen LogP contribution < -0.4 is 10.6 Å². The summed E-state index contributed by atoms with van der Waals surface area (Å²) in [5, 5.41) is 17.2. The van der Waals surface area contributed by atoms with Crippen LogP contribution in [0.4, 0.5) is 10.1 Å². The Labute approximate surface area is 192 Å². The van der Waals surface area contributed by atoms with Crippen LogP contribution in [0, 0.1) is 0 Å².